The second-order valence-corrected chi connectivity index (χ2v) is 4.05. The van der Waals surface area contributed by atoms with E-state index in [-0.39, 0.29) is 5.92 Å². The Morgan fingerprint density at radius 1 is 1.64 bits per heavy atom. The molecule has 0 aromatic heterocycles. The molecule has 0 aliphatic heterocycles. The third-order valence-electron chi connectivity index (χ3n) is 3.16. The van der Waals surface area contributed by atoms with Gasteiger partial charge in [0.2, 0.25) is 0 Å². The van der Waals surface area contributed by atoms with Crippen molar-refractivity contribution in [1.29, 1.82) is 0 Å². The Labute approximate surface area is 84.8 Å². The topological polar surface area (TPSA) is 83.6 Å². The summed E-state index contributed by atoms with van der Waals surface area (Å²) >= 11 is 0. The molecule has 0 heterocycles. The molecule has 79 valence electrons. The lowest BCUT2D eigenvalue weighted by Gasteiger charge is -2.26. The van der Waals surface area contributed by atoms with E-state index in [1.807, 2.05) is 0 Å². The van der Waals surface area contributed by atoms with Crippen LogP contribution in [0.1, 0.15) is 32.1 Å². The van der Waals surface area contributed by atoms with Gasteiger partial charge in [0.05, 0.1) is 0 Å². The van der Waals surface area contributed by atoms with Crippen molar-refractivity contribution in [3.8, 4) is 0 Å². The minimum atomic E-state index is -1.02. The Morgan fingerprint density at radius 3 is 2.93 bits per heavy atom. The summed E-state index contributed by atoms with van der Waals surface area (Å²) in [6.45, 7) is 0. The summed E-state index contributed by atoms with van der Waals surface area (Å²) in [5.41, 5.74) is 4.84. The Kier molecular flexibility index (Phi) is 3.95. The van der Waals surface area contributed by atoms with Crippen LogP contribution in [0.5, 0.6) is 0 Å². The van der Waals surface area contributed by atoms with Gasteiger partial charge in [0.1, 0.15) is 5.54 Å². The lowest BCUT2D eigenvalue weighted by molar-refractivity contribution is -0.144. The first kappa shape index (κ1) is 11.5. The Hall–Kier alpha value is -0.545. The number of rotatable bonds is 5. The quantitative estimate of drug-likeness (QED) is 0.440. The van der Waals surface area contributed by atoms with Crippen molar-refractivity contribution in [3.63, 3.8) is 0 Å². The molecule has 4 N–H and O–H groups in total. The third-order valence-corrected chi connectivity index (χ3v) is 3.16. The zero-order valence-electron chi connectivity index (χ0n) is 8.28. The average Bonchev–Trinajstić information content (AvgIpc) is 2.50. The van der Waals surface area contributed by atoms with Crippen LogP contribution in [0.15, 0.2) is 0 Å². The Balaban J connectivity index is 2.46. The van der Waals surface area contributed by atoms with Crippen LogP contribution in [0.2, 0.25) is 6.32 Å². The fourth-order valence-electron chi connectivity index (χ4n) is 2.24. The second-order valence-electron chi connectivity index (χ2n) is 4.05. The summed E-state index contributed by atoms with van der Waals surface area (Å²) in [6.07, 6.45) is 4.60. The molecule has 0 aromatic rings. The lowest BCUT2D eigenvalue weighted by Crippen LogP contribution is -2.50. The summed E-state index contributed by atoms with van der Waals surface area (Å²) in [7, 11) is 1.12. The van der Waals surface area contributed by atoms with E-state index in [4.69, 9.17) is 15.9 Å². The van der Waals surface area contributed by atoms with Crippen molar-refractivity contribution in [1.82, 2.24) is 0 Å². The van der Waals surface area contributed by atoms with E-state index < -0.39 is 11.5 Å². The van der Waals surface area contributed by atoms with E-state index in [1.165, 1.54) is 0 Å². The van der Waals surface area contributed by atoms with Crippen LogP contribution in [-0.2, 0) is 4.79 Å². The molecule has 0 aromatic carbocycles. The monoisotopic (exact) mass is 198 g/mol. The molecular weight excluding hydrogens is 181 g/mol. The summed E-state index contributed by atoms with van der Waals surface area (Å²) in [5.74, 6) is -0.812. The highest BCUT2D eigenvalue weighted by Gasteiger charge is 2.45. The normalized spacial score (nSPS) is 31.7. The standard InChI is InChI=1S/C9H17BNO3/c11-9(8(12)13)5-1-3-7(9)4-2-6-10-14/h7,14H,1-6,11H2,(H,12,13)/t7-,9+/m1/s1. The summed E-state index contributed by atoms with van der Waals surface area (Å²) < 4.78 is 0. The smallest absolute Gasteiger partial charge is 0.323 e. The van der Waals surface area contributed by atoms with Crippen molar-refractivity contribution in [2.45, 2.75) is 44.0 Å². The number of carboxylic acids is 1. The molecule has 0 saturated heterocycles. The number of aliphatic carboxylic acids is 1. The van der Waals surface area contributed by atoms with E-state index in [9.17, 15) is 4.79 Å². The first-order valence-electron chi connectivity index (χ1n) is 5.09. The molecular formula is C9H17BNO3. The largest absolute Gasteiger partial charge is 0.480 e. The zero-order valence-corrected chi connectivity index (χ0v) is 8.28. The van der Waals surface area contributed by atoms with Gasteiger partial charge in [-0.3, -0.25) is 4.79 Å². The molecule has 0 spiro atoms. The number of nitrogens with two attached hydrogens (primary N) is 1. The molecule has 1 aliphatic carbocycles. The molecule has 1 rings (SSSR count). The van der Waals surface area contributed by atoms with Crippen LogP contribution >= 0.6 is 0 Å². The fraction of sp³-hybridized carbons (Fsp3) is 0.889. The van der Waals surface area contributed by atoms with Gasteiger partial charge in [0.15, 0.2) is 0 Å². The Bertz CT molecular complexity index is 212. The van der Waals surface area contributed by atoms with Crippen LogP contribution in [-0.4, -0.2) is 29.1 Å². The maximum Gasteiger partial charge on any atom is 0.323 e. The van der Waals surface area contributed by atoms with Gasteiger partial charge < -0.3 is 15.9 Å². The molecule has 1 aliphatic rings. The van der Waals surface area contributed by atoms with Crippen molar-refractivity contribution >= 4 is 13.5 Å². The van der Waals surface area contributed by atoms with E-state index in [1.54, 1.807) is 0 Å². The lowest BCUT2D eigenvalue weighted by atomic mass is 9.82. The van der Waals surface area contributed by atoms with Gasteiger partial charge >= 0.3 is 5.97 Å². The molecule has 14 heavy (non-hydrogen) atoms. The van der Waals surface area contributed by atoms with Gasteiger partial charge in [0, 0.05) is 0 Å². The maximum absolute atomic E-state index is 11.0. The summed E-state index contributed by atoms with van der Waals surface area (Å²) in [4.78, 5) is 11.0. The highest BCUT2D eigenvalue weighted by atomic mass is 16.4. The minimum absolute atomic E-state index is 0.0694. The molecule has 5 heteroatoms. The molecule has 1 saturated carbocycles. The highest BCUT2D eigenvalue weighted by Crippen LogP contribution is 2.37. The van der Waals surface area contributed by atoms with Crippen LogP contribution in [0, 0.1) is 5.92 Å². The zero-order chi connectivity index (χ0) is 10.6. The van der Waals surface area contributed by atoms with Crippen LogP contribution in [0.4, 0.5) is 0 Å². The van der Waals surface area contributed by atoms with E-state index >= 15 is 0 Å². The van der Waals surface area contributed by atoms with Gasteiger partial charge in [-0.05, 0) is 25.2 Å². The Morgan fingerprint density at radius 2 is 2.36 bits per heavy atom. The molecule has 0 unspecified atom stereocenters. The van der Waals surface area contributed by atoms with E-state index in [0.717, 1.165) is 33.2 Å². The highest BCUT2D eigenvalue weighted by molar-refractivity contribution is 6.25. The molecule has 4 nitrogen and oxygen atoms in total. The van der Waals surface area contributed by atoms with Crippen molar-refractivity contribution in [2.24, 2.45) is 11.7 Å². The molecule has 0 amide bonds. The molecule has 0 bridgehead atoms. The molecule has 1 fully saturated rings. The van der Waals surface area contributed by atoms with Gasteiger partial charge in [-0.15, -0.1) is 0 Å². The van der Waals surface area contributed by atoms with Gasteiger partial charge in [-0.2, -0.15) is 0 Å². The first-order valence-corrected chi connectivity index (χ1v) is 5.09. The average molecular weight is 198 g/mol. The summed E-state index contributed by atoms with van der Waals surface area (Å²) in [6, 6.07) is 0. The van der Waals surface area contributed by atoms with Crippen LogP contribution in [0.25, 0.3) is 0 Å². The number of hydrogen-bond donors (Lipinski definition) is 3. The number of carboxylic acid groups (broad SMARTS) is 1. The molecule has 1 radical (unpaired) electrons. The van der Waals surface area contributed by atoms with Gasteiger partial charge in [0.25, 0.3) is 7.48 Å². The SMILES string of the molecule is N[C@@]1(C(=O)O)CCC[C@@H]1CCC[B]O. The minimum Gasteiger partial charge on any atom is -0.480 e. The van der Waals surface area contributed by atoms with E-state index in [2.05, 4.69) is 0 Å². The second kappa shape index (κ2) is 4.80. The van der Waals surface area contributed by atoms with Crippen molar-refractivity contribution in [2.75, 3.05) is 0 Å². The predicted molar refractivity (Wildman–Crippen MR) is 53.9 cm³/mol. The number of hydrogen-bond acceptors (Lipinski definition) is 3. The molecule has 2 atom stereocenters. The fourth-order valence-corrected chi connectivity index (χ4v) is 2.24. The van der Waals surface area contributed by atoms with Crippen molar-refractivity contribution < 1.29 is 14.9 Å². The predicted octanol–water partition coefficient (Wildman–Crippen LogP) is 0.379. The maximum atomic E-state index is 11.0. The van der Waals surface area contributed by atoms with E-state index in [0.29, 0.717) is 12.7 Å². The number of carbonyl (C=O) groups is 1. The third kappa shape index (κ3) is 2.28. The van der Waals surface area contributed by atoms with Crippen LogP contribution in [0.3, 0.4) is 0 Å². The van der Waals surface area contributed by atoms with Crippen LogP contribution < -0.4 is 5.73 Å². The van der Waals surface area contributed by atoms with Gasteiger partial charge in [-0.1, -0.05) is 19.2 Å². The first-order chi connectivity index (χ1) is 6.61. The summed E-state index contributed by atoms with van der Waals surface area (Å²) in [5, 5.41) is 17.5. The van der Waals surface area contributed by atoms with Gasteiger partial charge in [-0.25, -0.2) is 0 Å². The van der Waals surface area contributed by atoms with Crippen molar-refractivity contribution in [3.05, 3.63) is 0 Å².